The summed E-state index contributed by atoms with van der Waals surface area (Å²) < 4.78 is 0. The minimum atomic E-state index is 0.971. The van der Waals surface area contributed by atoms with Crippen LogP contribution in [0.3, 0.4) is 0 Å². The molecule has 12 aromatic rings. The van der Waals surface area contributed by atoms with Gasteiger partial charge in [-0.05, 0) is 190 Å². The molecule has 0 fully saturated rings. The van der Waals surface area contributed by atoms with Gasteiger partial charge in [0.15, 0.2) is 0 Å². The number of rotatable bonds is 6. The molecule has 0 aromatic heterocycles. The van der Waals surface area contributed by atoms with Crippen molar-refractivity contribution in [3.05, 3.63) is 180 Å². The quantitative estimate of drug-likeness (QED) is 0.116. The van der Waals surface area contributed by atoms with Crippen LogP contribution < -0.4 is 0 Å². The van der Waals surface area contributed by atoms with Crippen LogP contribution in [-0.2, 0) is 25.7 Å². The Balaban J connectivity index is 1.12. The molecule has 14 rings (SSSR count). The summed E-state index contributed by atoms with van der Waals surface area (Å²) in [6.07, 6.45) is 3.90. The maximum atomic E-state index is 2.50. The van der Waals surface area contributed by atoms with E-state index in [0.717, 1.165) is 25.7 Å². The maximum absolute atomic E-state index is 2.50. The highest BCUT2D eigenvalue weighted by Crippen LogP contribution is 2.61. The predicted octanol–water partition coefficient (Wildman–Crippen LogP) is 18.1. The van der Waals surface area contributed by atoms with E-state index in [1.54, 1.807) is 0 Å². The fourth-order valence-corrected chi connectivity index (χ4v) is 13.4. The Labute approximate surface area is 373 Å². The molecule has 0 atom stereocenters. The molecule has 0 unspecified atom stereocenters. The normalized spacial score (nSPS) is 12.6. The average molecular weight is 815 g/mol. The van der Waals surface area contributed by atoms with Crippen molar-refractivity contribution in [3.63, 3.8) is 0 Å². The zero-order valence-corrected chi connectivity index (χ0v) is 36.8. The molecule has 0 N–H and O–H groups in total. The van der Waals surface area contributed by atoms with Gasteiger partial charge in [-0.3, -0.25) is 0 Å². The lowest BCUT2D eigenvalue weighted by molar-refractivity contribution is 1.04. The molecule has 0 amide bonds. The van der Waals surface area contributed by atoms with Gasteiger partial charge in [-0.1, -0.05) is 185 Å². The van der Waals surface area contributed by atoms with Crippen LogP contribution in [-0.4, -0.2) is 0 Å². The molecule has 302 valence electrons. The average Bonchev–Trinajstić information content (AvgIpc) is 3.88. The molecular weight excluding hydrogens is 769 g/mol. The highest BCUT2D eigenvalue weighted by Gasteiger charge is 2.35. The third kappa shape index (κ3) is 4.34. The Morgan fingerprint density at radius 3 is 0.859 bits per heavy atom. The first-order chi connectivity index (χ1) is 31.7. The van der Waals surface area contributed by atoms with Crippen LogP contribution >= 0.6 is 0 Å². The van der Waals surface area contributed by atoms with E-state index in [2.05, 4.69) is 185 Å². The second kappa shape index (κ2) is 13.1. The summed E-state index contributed by atoms with van der Waals surface area (Å²) in [5.41, 5.74) is 22.6. The van der Waals surface area contributed by atoms with Gasteiger partial charge < -0.3 is 0 Å². The van der Waals surface area contributed by atoms with E-state index >= 15 is 0 Å². The first-order valence-corrected chi connectivity index (χ1v) is 23.6. The standard InChI is InChI=1S/C64H46/c1-5-37-38(6-2)54(36-21-13-10-14-22-36)64-52-34-30-48-46-28-32-50-58-40(8-4)56-44-26-18-16-24-42(44)41-23-15-17-25-43(41)55(56)39(7-3)57(58)49-31-27-45(59(46)61(49)50)47-29-33-51(62(52)60(47)48)63(64)53(37)35-19-11-9-12-20-35/h9-34H,5-8H2,1-4H3. The first kappa shape index (κ1) is 36.2. The topological polar surface area (TPSA) is 0 Å². The van der Waals surface area contributed by atoms with Crippen LogP contribution in [0.15, 0.2) is 158 Å². The van der Waals surface area contributed by atoms with E-state index in [0.29, 0.717) is 0 Å². The SMILES string of the molecule is CCc1c(CC)c(-c2ccccc2)c2c(c1-c1ccccc1)-c1ccc3c4ccc5c6c(ccc(c7ccc-2c1c37)c64)-c1c-5c(CC)c2c3ccccc3c3ccccc3c2c1CC. The fourth-order valence-electron chi connectivity index (χ4n) is 13.4. The molecule has 0 heteroatoms. The number of hydrogen-bond acceptors (Lipinski definition) is 0. The number of fused-ring (bicyclic) bond motifs is 14. The maximum Gasteiger partial charge on any atom is -0.00109 e. The highest BCUT2D eigenvalue weighted by atomic mass is 14.4. The van der Waals surface area contributed by atoms with Crippen LogP contribution in [0.4, 0.5) is 0 Å². The van der Waals surface area contributed by atoms with Crippen LogP contribution in [0.25, 0.3) is 142 Å². The number of aryl methyl sites for hydroxylation is 2. The summed E-state index contributed by atoms with van der Waals surface area (Å²) >= 11 is 0. The lowest BCUT2D eigenvalue weighted by Crippen LogP contribution is -2.03. The van der Waals surface area contributed by atoms with Gasteiger partial charge in [0, 0.05) is 0 Å². The fraction of sp³-hybridized carbons (Fsp3) is 0.125. The van der Waals surface area contributed by atoms with Crippen molar-refractivity contribution in [2.24, 2.45) is 0 Å². The van der Waals surface area contributed by atoms with E-state index in [4.69, 9.17) is 0 Å². The lowest BCUT2D eigenvalue weighted by atomic mass is 9.79. The summed E-state index contributed by atoms with van der Waals surface area (Å²) in [6.45, 7) is 9.45. The van der Waals surface area contributed by atoms with Crippen LogP contribution in [0.5, 0.6) is 0 Å². The minimum Gasteiger partial charge on any atom is -0.0622 e. The third-order valence-electron chi connectivity index (χ3n) is 15.6. The Kier molecular flexibility index (Phi) is 7.43. The first-order valence-electron chi connectivity index (χ1n) is 23.6. The Hall–Kier alpha value is -7.28. The molecule has 2 aliphatic carbocycles. The molecule has 64 heavy (non-hydrogen) atoms. The van der Waals surface area contributed by atoms with Crippen molar-refractivity contribution in [2.75, 3.05) is 0 Å². The predicted molar refractivity (Wildman–Crippen MR) is 277 cm³/mol. The molecule has 0 heterocycles. The zero-order valence-electron chi connectivity index (χ0n) is 36.8. The van der Waals surface area contributed by atoms with Gasteiger partial charge in [-0.25, -0.2) is 0 Å². The highest BCUT2D eigenvalue weighted by molar-refractivity contribution is 6.41. The van der Waals surface area contributed by atoms with Gasteiger partial charge in [0.05, 0.1) is 0 Å². The molecule has 0 aliphatic heterocycles. The van der Waals surface area contributed by atoms with Crippen LogP contribution in [0.2, 0.25) is 0 Å². The second-order valence-electron chi connectivity index (χ2n) is 18.3. The van der Waals surface area contributed by atoms with Gasteiger partial charge in [0.2, 0.25) is 0 Å². The smallest absolute Gasteiger partial charge is 0.00109 e. The number of benzene rings is 12. The van der Waals surface area contributed by atoms with Crippen LogP contribution in [0.1, 0.15) is 49.9 Å². The second-order valence-corrected chi connectivity index (χ2v) is 18.3. The molecule has 0 saturated heterocycles. The molecule has 12 aromatic carbocycles. The van der Waals surface area contributed by atoms with E-state index in [1.807, 2.05) is 0 Å². The molecule has 0 nitrogen and oxygen atoms in total. The summed E-state index contributed by atoms with van der Waals surface area (Å²) in [6, 6.07) is 60.6. The van der Waals surface area contributed by atoms with Crippen molar-refractivity contribution in [3.8, 4) is 66.8 Å². The Morgan fingerprint density at radius 1 is 0.219 bits per heavy atom. The van der Waals surface area contributed by atoms with Crippen molar-refractivity contribution < 1.29 is 0 Å². The Bertz CT molecular complexity index is 3760. The summed E-state index contributed by atoms with van der Waals surface area (Å²) in [5, 5.41) is 19.4. The van der Waals surface area contributed by atoms with Crippen molar-refractivity contribution >= 4 is 75.4 Å². The third-order valence-corrected chi connectivity index (χ3v) is 15.6. The lowest BCUT2D eigenvalue weighted by Gasteiger charge is -2.24. The van der Waals surface area contributed by atoms with Gasteiger partial charge in [0.25, 0.3) is 0 Å². The van der Waals surface area contributed by atoms with E-state index < -0.39 is 0 Å². The Morgan fingerprint density at radius 2 is 0.516 bits per heavy atom. The largest absolute Gasteiger partial charge is 0.0622 e. The minimum absolute atomic E-state index is 0.971. The van der Waals surface area contributed by atoms with E-state index in [1.165, 1.54) is 164 Å². The van der Waals surface area contributed by atoms with E-state index in [-0.39, 0.29) is 0 Å². The van der Waals surface area contributed by atoms with Gasteiger partial charge in [-0.2, -0.15) is 0 Å². The van der Waals surface area contributed by atoms with Gasteiger partial charge in [0.1, 0.15) is 0 Å². The van der Waals surface area contributed by atoms with Crippen molar-refractivity contribution in [1.82, 2.24) is 0 Å². The molecule has 0 bridgehead atoms. The monoisotopic (exact) mass is 814 g/mol. The molecule has 2 aliphatic rings. The zero-order chi connectivity index (χ0) is 42.5. The summed E-state index contributed by atoms with van der Waals surface area (Å²) in [7, 11) is 0. The van der Waals surface area contributed by atoms with Crippen LogP contribution in [0, 0.1) is 0 Å². The molecule has 0 radical (unpaired) electrons. The van der Waals surface area contributed by atoms with Crippen molar-refractivity contribution in [1.29, 1.82) is 0 Å². The van der Waals surface area contributed by atoms with Gasteiger partial charge in [-0.15, -0.1) is 0 Å². The molecular formula is C64H46. The molecule has 0 saturated carbocycles. The van der Waals surface area contributed by atoms with E-state index in [9.17, 15) is 0 Å². The molecule has 0 spiro atoms. The summed E-state index contributed by atoms with van der Waals surface area (Å²) in [4.78, 5) is 0. The van der Waals surface area contributed by atoms with Gasteiger partial charge >= 0.3 is 0 Å². The number of hydrogen-bond donors (Lipinski definition) is 0. The summed E-state index contributed by atoms with van der Waals surface area (Å²) in [5.74, 6) is 0. The van der Waals surface area contributed by atoms with Crippen molar-refractivity contribution in [2.45, 2.75) is 53.4 Å².